The van der Waals surface area contributed by atoms with Gasteiger partial charge in [0.25, 0.3) is 5.91 Å². The molecule has 1 saturated carbocycles. The maximum atomic E-state index is 13.1. The van der Waals surface area contributed by atoms with Crippen molar-refractivity contribution in [2.75, 3.05) is 7.11 Å². The van der Waals surface area contributed by atoms with Gasteiger partial charge in [-0.1, -0.05) is 32.0 Å². The predicted molar refractivity (Wildman–Crippen MR) is 103 cm³/mol. The molecule has 3 amide bonds. The minimum Gasteiger partial charge on any atom is -0.381 e. The summed E-state index contributed by atoms with van der Waals surface area (Å²) in [7, 11) is 1.76. The molecule has 1 aromatic rings. The fraction of sp³-hybridized carbons (Fsp3) is 0.636. The molecule has 1 aromatic carbocycles. The number of imide groups is 1. The van der Waals surface area contributed by atoms with Crippen LogP contribution < -0.4 is 10.6 Å². The molecule has 1 saturated heterocycles. The number of amides is 3. The number of hydrogen-bond acceptors (Lipinski definition) is 3. The molecule has 146 valence electrons. The minimum atomic E-state index is -0.925. The SMILES string of the molecule is COC1CCC2(CC1)Cc1ccc(CCC(C)C)cc1C21NC(=O)NC1=O. The molecule has 2 spiro atoms. The first-order valence-corrected chi connectivity index (χ1v) is 10.2. The van der Waals surface area contributed by atoms with Crippen molar-refractivity contribution in [2.24, 2.45) is 11.3 Å². The zero-order valence-corrected chi connectivity index (χ0v) is 16.6. The van der Waals surface area contributed by atoms with Gasteiger partial charge >= 0.3 is 6.03 Å². The highest BCUT2D eigenvalue weighted by Gasteiger charge is 2.66. The second kappa shape index (κ2) is 6.62. The number of carbonyl (C=O) groups excluding carboxylic acids is 2. The number of urea groups is 1. The van der Waals surface area contributed by atoms with E-state index in [1.807, 2.05) is 0 Å². The largest absolute Gasteiger partial charge is 0.381 e. The lowest BCUT2D eigenvalue weighted by Gasteiger charge is -2.46. The molecular weight excluding hydrogens is 340 g/mol. The van der Waals surface area contributed by atoms with Crippen molar-refractivity contribution in [2.45, 2.75) is 70.4 Å². The summed E-state index contributed by atoms with van der Waals surface area (Å²) in [6.45, 7) is 4.45. The van der Waals surface area contributed by atoms with Gasteiger partial charge < -0.3 is 10.1 Å². The third kappa shape index (κ3) is 2.78. The first-order valence-electron chi connectivity index (χ1n) is 10.2. The van der Waals surface area contributed by atoms with E-state index in [4.69, 9.17) is 4.74 Å². The molecule has 1 aliphatic heterocycles. The summed E-state index contributed by atoms with van der Waals surface area (Å²) in [6, 6.07) is 6.19. The fourth-order valence-corrected chi connectivity index (χ4v) is 5.47. The monoisotopic (exact) mass is 370 g/mol. The molecule has 2 N–H and O–H groups in total. The maximum Gasteiger partial charge on any atom is 0.322 e. The molecule has 0 aromatic heterocycles. The Balaban J connectivity index is 1.75. The first-order chi connectivity index (χ1) is 12.9. The van der Waals surface area contributed by atoms with E-state index >= 15 is 0 Å². The standard InChI is InChI=1S/C22H30N2O3/c1-14(2)4-5-15-6-7-16-13-21(10-8-17(27-3)9-11-21)22(18(16)12-15)19(25)23-20(26)24-22/h6-7,12,14,17H,4-5,8-11,13H2,1-3H3,(H2,23,24,25,26). The normalized spacial score (nSPS) is 32.2. The zero-order valence-electron chi connectivity index (χ0n) is 16.6. The third-order valence-electron chi connectivity index (χ3n) is 7.00. The highest BCUT2D eigenvalue weighted by Crippen LogP contribution is 2.59. The highest BCUT2D eigenvalue weighted by atomic mass is 16.5. The smallest absolute Gasteiger partial charge is 0.322 e. The van der Waals surface area contributed by atoms with E-state index in [1.165, 1.54) is 11.1 Å². The van der Waals surface area contributed by atoms with Gasteiger partial charge in [-0.15, -0.1) is 0 Å². The van der Waals surface area contributed by atoms with E-state index in [-0.39, 0.29) is 23.5 Å². The van der Waals surface area contributed by atoms with Crippen LogP contribution in [0.3, 0.4) is 0 Å². The van der Waals surface area contributed by atoms with Gasteiger partial charge in [-0.05, 0) is 67.6 Å². The lowest BCUT2D eigenvalue weighted by atomic mass is 9.61. The Labute approximate surface area is 161 Å². The van der Waals surface area contributed by atoms with Gasteiger partial charge in [0, 0.05) is 12.5 Å². The Bertz CT molecular complexity index is 765. The summed E-state index contributed by atoms with van der Waals surface area (Å²) >= 11 is 0. The van der Waals surface area contributed by atoms with Gasteiger partial charge in [-0.25, -0.2) is 4.79 Å². The molecule has 3 aliphatic rings. The molecule has 2 fully saturated rings. The van der Waals surface area contributed by atoms with Crippen molar-refractivity contribution in [3.05, 3.63) is 34.9 Å². The van der Waals surface area contributed by atoms with Crippen molar-refractivity contribution >= 4 is 11.9 Å². The fourth-order valence-electron chi connectivity index (χ4n) is 5.47. The molecule has 0 radical (unpaired) electrons. The molecule has 5 heteroatoms. The van der Waals surface area contributed by atoms with Crippen molar-refractivity contribution in [1.29, 1.82) is 0 Å². The van der Waals surface area contributed by atoms with Crippen LogP contribution in [0.1, 0.15) is 62.6 Å². The average molecular weight is 370 g/mol. The molecular formula is C22H30N2O3. The number of nitrogens with one attached hydrogen (secondary N) is 2. The number of aryl methyl sites for hydroxylation is 1. The topological polar surface area (TPSA) is 67.4 Å². The predicted octanol–water partition coefficient (Wildman–Crippen LogP) is 3.44. The summed E-state index contributed by atoms with van der Waals surface area (Å²) < 4.78 is 5.56. The zero-order chi connectivity index (χ0) is 19.2. The summed E-state index contributed by atoms with van der Waals surface area (Å²) in [5.74, 6) is 0.459. The Morgan fingerprint density at radius 2 is 1.96 bits per heavy atom. The number of carbonyl (C=O) groups is 2. The van der Waals surface area contributed by atoms with E-state index < -0.39 is 5.54 Å². The lowest BCUT2D eigenvalue weighted by molar-refractivity contribution is -0.131. The Hall–Kier alpha value is -1.88. The number of hydrogen-bond donors (Lipinski definition) is 2. The van der Waals surface area contributed by atoms with Gasteiger partial charge in [0.05, 0.1) is 6.10 Å². The van der Waals surface area contributed by atoms with Crippen LogP contribution in [0.25, 0.3) is 0 Å². The number of ether oxygens (including phenoxy) is 1. The summed E-state index contributed by atoms with van der Waals surface area (Å²) in [5, 5.41) is 5.62. The Kier molecular flexibility index (Phi) is 4.53. The quantitative estimate of drug-likeness (QED) is 0.798. The molecule has 1 atom stereocenters. The molecule has 1 unspecified atom stereocenters. The van der Waals surface area contributed by atoms with Crippen LogP contribution in [0, 0.1) is 11.3 Å². The van der Waals surface area contributed by atoms with Crippen molar-refractivity contribution < 1.29 is 14.3 Å². The molecule has 5 nitrogen and oxygen atoms in total. The second-order valence-electron chi connectivity index (χ2n) is 8.97. The Morgan fingerprint density at radius 1 is 1.22 bits per heavy atom. The number of benzene rings is 1. The first kappa shape index (κ1) is 18.5. The second-order valence-corrected chi connectivity index (χ2v) is 8.97. The van der Waals surface area contributed by atoms with Crippen LogP contribution in [0.5, 0.6) is 0 Å². The molecule has 1 heterocycles. The van der Waals surface area contributed by atoms with Gasteiger partial charge in [0.2, 0.25) is 0 Å². The average Bonchev–Trinajstić information content (AvgIpc) is 3.09. The Morgan fingerprint density at radius 3 is 2.56 bits per heavy atom. The van der Waals surface area contributed by atoms with Gasteiger partial charge in [-0.3, -0.25) is 10.1 Å². The van der Waals surface area contributed by atoms with Gasteiger partial charge in [0.1, 0.15) is 0 Å². The van der Waals surface area contributed by atoms with E-state index in [1.54, 1.807) is 7.11 Å². The number of fused-ring (bicyclic) bond motifs is 3. The van der Waals surface area contributed by atoms with Crippen LogP contribution in [0.15, 0.2) is 18.2 Å². The maximum absolute atomic E-state index is 13.1. The van der Waals surface area contributed by atoms with E-state index in [0.717, 1.165) is 50.5 Å². The van der Waals surface area contributed by atoms with Crippen molar-refractivity contribution in [3.8, 4) is 0 Å². The number of rotatable bonds is 4. The molecule has 27 heavy (non-hydrogen) atoms. The van der Waals surface area contributed by atoms with Crippen LogP contribution in [0.4, 0.5) is 4.79 Å². The van der Waals surface area contributed by atoms with E-state index in [2.05, 4.69) is 42.7 Å². The van der Waals surface area contributed by atoms with E-state index in [0.29, 0.717) is 5.92 Å². The van der Waals surface area contributed by atoms with Crippen LogP contribution in [-0.2, 0) is 27.9 Å². The van der Waals surface area contributed by atoms with Crippen LogP contribution >= 0.6 is 0 Å². The molecule has 0 bridgehead atoms. The number of methoxy groups -OCH3 is 1. The lowest BCUT2D eigenvalue weighted by Crippen LogP contribution is -2.56. The van der Waals surface area contributed by atoms with Crippen LogP contribution in [0.2, 0.25) is 0 Å². The minimum absolute atomic E-state index is 0.178. The third-order valence-corrected chi connectivity index (χ3v) is 7.00. The van der Waals surface area contributed by atoms with Crippen LogP contribution in [-0.4, -0.2) is 25.2 Å². The van der Waals surface area contributed by atoms with Crippen molar-refractivity contribution in [3.63, 3.8) is 0 Å². The summed E-state index contributed by atoms with van der Waals surface area (Å²) in [4.78, 5) is 25.4. The molecule has 4 rings (SSSR count). The van der Waals surface area contributed by atoms with Crippen molar-refractivity contribution in [1.82, 2.24) is 10.6 Å². The summed E-state index contributed by atoms with van der Waals surface area (Å²) in [5.41, 5.74) is 2.29. The van der Waals surface area contributed by atoms with Gasteiger partial charge in [-0.2, -0.15) is 0 Å². The summed E-state index contributed by atoms with van der Waals surface area (Å²) in [6.07, 6.45) is 6.82. The van der Waals surface area contributed by atoms with Gasteiger partial charge in [0.15, 0.2) is 5.54 Å². The van der Waals surface area contributed by atoms with E-state index in [9.17, 15) is 9.59 Å². The molecule has 2 aliphatic carbocycles. The highest BCUT2D eigenvalue weighted by molar-refractivity contribution is 6.08.